The van der Waals surface area contributed by atoms with Crippen molar-refractivity contribution in [3.05, 3.63) is 141 Å². The summed E-state index contributed by atoms with van der Waals surface area (Å²) in [4.78, 5) is 44.1. The van der Waals surface area contributed by atoms with Gasteiger partial charge in [0.2, 0.25) is 11.5 Å². The van der Waals surface area contributed by atoms with Gasteiger partial charge >= 0.3 is 29.6 Å². The van der Waals surface area contributed by atoms with Crippen molar-refractivity contribution in [1.29, 1.82) is 0 Å². The Balaban J connectivity index is 0.000000226. The number of carbonyl (C=O) groups is 2. The van der Waals surface area contributed by atoms with E-state index < -0.39 is 56.5 Å². The second-order valence-corrected chi connectivity index (χ2v) is 10.0. The molecule has 0 radical (unpaired) electrons. The van der Waals surface area contributed by atoms with Crippen LogP contribution >= 0.6 is 0 Å². The van der Waals surface area contributed by atoms with Gasteiger partial charge in [0.05, 0.1) is 32.5 Å². The molecule has 5 rings (SSSR count). The average molecular weight is 691 g/mol. The smallest absolute Gasteiger partial charge is 0.416 e. The van der Waals surface area contributed by atoms with Crippen molar-refractivity contribution in [3.63, 3.8) is 0 Å². The molecule has 0 saturated heterocycles. The molecule has 0 aliphatic heterocycles. The first-order valence-electron chi connectivity index (χ1n) is 14.1. The molecule has 0 aliphatic rings. The summed E-state index contributed by atoms with van der Waals surface area (Å²) in [7, 11) is 0. The van der Waals surface area contributed by atoms with E-state index in [-0.39, 0.29) is 17.1 Å². The van der Waals surface area contributed by atoms with Gasteiger partial charge in [0.15, 0.2) is 0 Å². The molecule has 5 aromatic carbocycles. The number of para-hydroxylation sites is 3. The van der Waals surface area contributed by atoms with Crippen molar-refractivity contribution < 1.29 is 42.8 Å². The van der Waals surface area contributed by atoms with E-state index in [1.165, 1.54) is 30.3 Å². The first kappa shape index (κ1) is 35.7. The van der Waals surface area contributed by atoms with Crippen molar-refractivity contribution in [3.8, 4) is 22.6 Å². The molecule has 0 unspecified atom stereocenters. The molecule has 17 heteroatoms. The van der Waals surface area contributed by atoms with Crippen LogP contribution < -0.4 is 21.3 Å². The summed E-state index contributed by atoms with van der Waals surface area (Å²) >= 11 is 0. The summed E-state index contributed by atoms with van der Waals surface area (Å²) in [6.07, 6.45) is -4.56. The minimum Gasteiger partial charge on any atom is -0.501 e. The summed E-state index contributed by atoms with van der Waals surface area (Å²) < 4.78 is 37.8. The van der Waals surface area contributed by atoms with Gasteiger partial charge in [0.25, 0.3) is 0 Å². The highest BCUT2D eigenvalue weighted by Crippen LogP contribution is 2.35. The van der Waals surface area contributed by atoms with E-state index in [1.54, 1.807) is 12.1 Å². The quantitative estimate of drug-likeness (QED) is 0.0552. The van der Waals surface area contributed by atoms with E-state index in [2.05, 4.69) is 21.3 Å². The maximum Gasteiger partial charge on any atom is 0.416 e. The van der Waals surface area contributed by atoms with E-state index in [0.717, 1.165) is 41.5 Å². The van der Waals surface area contributed by atoms with Crippen LogP contribution in [0.2, 0.25) is 0 Å². The Morgan fingerprint density at radius 1 is 0.580 bits per heavy atom. The summed E-state index contributed by atoms with van der Waals surface area (Å²) in [5, 5.41) is 50.6. The predicted octanol–water partition coefficient (Wildman–Crippen LogP) is 8.57. The number of phenols is 2. The molecule has 0 aliphatic carbocycles. The van der Waals surface area contributed by atoms with Crippen LogP contribution in [0.15, 0.2) is 115 Å². The van der Waals surface area contributed by atoms with Gasteiger partial charge in [-0.1, -0.05) is 66.7 Å². The summed E-state index contributed by atoms with van der Waals surface area (Å²) in [6, 6.07) is 26.5. The number of nitro groups is 2. The number of amides is 4. The van der Waals surface area contributed by atoms with E-state index in [1.807, 2.05) is 42.5 Å². The summed E-state index contributed by atoms with van der Waals surface area (Å²) in [5.74, 6) is -1.36. The number of anilines is 4. The number of nitro benzene ring substituents is 2. The van der Waals surface area contributed by atoms with Gasteiger partial charge in [-0.3, -0.25) is 20.2 Å². The van der Waals surface area contributed by atoms with Crippen molar-refractivity contribution >= 4 is 46.2 Å². The minimum atomic E-state index is -4.56. The third kappa shape index (κ3) is 9.22. The molecule has 0 saturated carbocycles. The normalized spacial score (nSPS) is 10.5. The zero-order chi connectivity index (χ0) is 36.4. The van der Waals surface area contributed by atoms with Crippen LogP contribution in [-0.4, -0.2) is 32.1 Å². The minimum absolute atomic E-state index is 0.0473. The Morgan fingerprint density at radius 2 is 1.04 bits per heavy atom. The number of hydrogen-bond acceptors (Lipinski definition) is 8. The number of alkyl halides is 3. The number of hydrogen-bond donors (Lipinski definition) is 6. The number of nitrogens with one attached hydrogen (secondary N) is 4. The molecular weight excluding hydrogens is 665 g/mol. The van der Waals surface area contributed by atoms with Gasteiger partial charge in [-0.15, -0.1) is 0 Å². The van der Waals surface area contributed by atoms with E-state index in [4.69, 9.17) is 0 Å². The lowest BCUT2D eigenvalue weighted by atomic mass is 10.0. The largest absolute Gasteiger partial charge is 0.501 e. The van der Waals surface area contributed by atoms with E-state index in [9.17, 15) is 53.2 Å². The number of nitrogens with zero attached hydrogens (tertiary/aromatic N) is 2. The van der Waals surface area contributed by atoms with Crippen LogP contribution in [0.5, 0.6) is 11.5 Å². The van der Waals surface area contributed by atoms with E-state index in [0.29, 0.717) is 5.69 Å². The zero-order valence-electron chi connectivity index (χ0n) is 25.3. The summed E-state index contributed by atoms with van der Waals surface area (Å²) in [5.41, 5.74) is -0.151. The topological polar surface area (TPSA) is 209 Å². The zero-order valence-corrected chi connectivity index (χ0v) is 25.3. The number of phenolic OH excluding ortho intramolecular Hbond substituents is 2. The molecule has 0 aromatic heterocycles. The number of aromatic hydroxyl groups is 2. The van der Waals surface area contributed by atoms with Crippen LogP contribution in [0, 0.1) is 20.2 Å². The first-order valence-corrected chi connectivity index (χ1v) is 14.1. The van der Waals surface area contributed by atoms with Gasteiger partial charge < -0.3 is 31.5 Å². The molecular formula is C33H25F3N6O8. The van der Waals surface area contributed by atoms with Crippen LogP contribution in [0.4, 0.5) is 56.9 Å². The van der Waals surface area contributed by atoms with Crippen LogP contribution in [0.1, 0.15) is 5.56 Å². The Kier molecular flexibility index (Phi) is 11.1. The predicted molar refractivity (Wildman–Crippen MR) is 178 cm³/mol. The Labute approximate surface area is 280 Å². The molecule has 6 N–H and O–H groups in total. The number of halogens is 3. The molecule has 4 amide bonds. The maximum atomic E-state index is 12.6. The third-order valence-corrected chi connectivity index (χ3v) is 6.63. The molecule has 0 spiro atoms. The number of benzene rings is 5. The van der Waals surface area contributed by atoms with Crippen LogP contribution in [-0.2, 0) is 6.18 Å². The fourth-order valence-corrected chi connectivity index (χ4v) is 4.35. The van der Waals surface area contributed by atoms with Crippen molar-refractivity contribution in [2.45, 2.75) is 6.18 Å². The Morgan fingerprint density at radius 3 is 1.58 bits per heavy atom. The second kappa shape index (κ2) is 15.6. The van der Waals surface area contributed by atoms with Crippen LogP contribution in [0.25, 0.3) is 11.1 Å². The molecule has 0 atom stereocenters. The molecule has 0 fully saturated rings. The van der Waals surface area contributed by atoms with Gasteiger partial charge in [-0.05, 0) is 42.0 Å². The second-order valence-electron chi connectivity index (χ2n) is 10.0. The fourth-order valence-electron chi connectivity index (χ4n) is 4.35. The highest BCUT2D eigenvalue weighted by Gasteiger charge is 2.30. The van der Waals surface area contributed by atoms with E-state index >= 15 is 0 Å². The molecule has 5 aromatic rings. The lowest BCUT2D eigenvalue weighted by Gasteiger charge is -2.12. The SMILES string of the molecule is O=C(Nc1cccc(C(F)(F)F)c1)Nc1cccc([N+](=O)[O-])c1O.O=C(Nc1ccccc1-c1ccccc1)Nc1cccc([N+](=O)[O-])c1O. The van der Waals surface area contributed by atoms with Gasteiger partial charge in [-0.2, -0.15) is 13.2 Å². The monoisotopic (exact) mass is 690 g/mol. The van der Waals surface area contributed by atoms with Crippen molar-refractivity contribution in [2.24, 2.45) is 0 Å². The molecule has 0 heterocycles. The molecule has 256 valence electrons. The number of carbonyl (C=O) groups excluding carboxylic acids is 2. The lowest BCUT2D eigenvalue weighted by Crippen LogP contribution is -2.20. The van der Waals surface area contributed by atoms with Crippen LogP contribution in [0.3, 0.4) is 0 Å². The van der Waals surface area contributed by atoms with Gasteiger partial charge in [-0.25, -0.2) is 9.59 Å². The molecule has 14 nitrogen and oxygen atoms in total. The van der Waals surface area contributed by atoms with Crippen molar-refractivity contribution in [1.82, 2.24) is 0 Å². The fraction of sp³-hybridized carbons (Fsp3) is 0.0303. The Bertz CT molecular complexity index is 2040. The number of rotatable bonds is 7. The number of urea groups is 2. The lowest BCUT2D eigenvalue weighted by molar-refractivity contribution is -0.385. The van der Waals surface area contributed by atoms with Crippen molar-refractivity contribution in [2.75, 3.05) is 21.3 Å². The average Bonchev–Trinajstić information content (AvgIpc) is 3.07. The summed E-state index contributed by atoms with van der Waals surface area (Å²) in [6.45, 7) is 0. The standard InChI is InChI=1S/C19H15N3O4.C14H10F3N3O4/c23-18-16(11-6-12-17(18)22(25)26)21-19(24)20-15-10-5-4-9-14(15)13-7-2-1-3-8-13;15-14(16,17)8-3-1-4-9(7-8)18-13(22)19-10-5-2-6-11(12(10)21)20(23)24/h1-12,23H,(H2,20,21,24);1-7,21H,(H2,18,19,22). The highest BCUT2D eigenvalue weighted by atomic mass is 19.4. The third-order valence-electron chi connectivity index (χ3n) is 6.63. The highest BCUT2D eigenvalue weighted by molar-refractivity contribution is 6.03. The first-order chi connectivity index (χ1) is 23.7. The van der Waals surface area contributed by atoms with Gasteiger partial charge in [0.1, 0.15) is 0 Å². The Hall–Kier alpha value is -7.17. The molecule has 0 bridgehead atoms. The van der Waals surface area contributed by atoms with Gasteiger partial charge in [0, 0.05) is 23.4 Å². The molecule has 50 heavy (non-hydrogen) atoms. The maximum absolute atomic E-state index is 12.6.